The summed E-state index contributed by atoms with van der Waals surface area (Å²) in [5.74, 6) is 0.827. The molecule has 1 aliphatic carbocycles. The Kier molecular flexibility index (Phi) is 2.59. The van der Waals surface area contributed by atoms with Crippen molar-refractivity contribution in [3.63, 3.8) is 0 Å². The van der Waals surface area contributed by atoms with Gasteiger partial charge in [0, 0.05) is 7.05 Å². The topological polar surface area (TPSA) is 27.1 Å². The van der Waals surface area contributed by atoms with Crippen LogP contribution in [0, 0.1) is 0 Å². The number of fused-ring (bicyclic) bond motifs is 1. The van der Waals surface area contributed by atoms with Crippen LogP contribution in [0.3, 0.4) is 0 Å². The average Bonchev–Trinajstić information content (AvgIpc) is 2.94. The first-order valence-electron chi connectivity index (χ1n) is 6.03. The van der Waals surface area contributed by atoms with Crippen molar-refractivity contribution < 1.29 is 4.74 Å². The van der Waals surface area contributed by atoms with Crippen molar-refractivity contribution >= 4 is 0 Å². The highest BCUT2D eigenvalue weighted by Crippen LogP contribution is 2.23. The van der Waals surface area contributed by atoms with Gasteiger partial charge in [0.25, 0.3) is 0 Å². The molecule has 0 radical (unpaired) electrons. The lowest BCUT2D eigenvalue weighted by Gasteiger charge is -2.06. The molecule has 1 aliphatic rings. The highest BCUT2D eigenvalue weighted by atomic mass is 16.5. The van der Waals surface area contributed by atoms with Crippen molar-refractivity contribution in [2.24, 2.45) is 7.05 Å². The molecule has 0 saturated carbocycles. The minimum atomic E-state index is 0.624. The van der Waals surface area contributed by atoms with Crippen molar-refractivity contribution in [1.82, 2.24) is 9.78 Å². The number of rotatable bonds is 3. The minimum Gasteiger partial charge on any atom is -0.486 e. The largest absolute Gasteiger partial charge is 0.486 e. The SMILES string of the molecule is Cn1cc(OCc2ccc3c(c2)CCC3)cn1. The maximum absolute atomic E-state index is 5.69. The molecule has 3 heteroatoms. The van der Waals surface area contributed by atoms with E-state index < -0.39 is 0 Å². The normalized spacial score (nSPS) is 13.7. The number of nitrogens with zero attached hydrogens (tertiary/aromatic N) is 2. The summed E-state index contributed by atoms with van der Waals surface area (Å²) in [6.45, 7) is 0.624. The molecule has 0 amide bonds. The number of aromatic nitrogens is 2. The summed E-state index contributed by atoms with van der Waals surface area (Å²) in [6.07, 6.45) is 7.37. The molecule has 2 aromatic rings. The predicted octanol–water partition coefficient (Wildman–Crippen LogP) is 2.49. The summed E-state index contributed by atoms with van der Waals surface area (Å²) in [5.41, 5.74) is 4.25. The Morgan fingerprint density at radius 1 is 1.29 bits per heavy atom. The molecular weight excluding hydrogens is 212 g/mol. The molecule has 0 saturated heterocycles. The summed E-state index contributed by atoms with van der Waals surface area (Å²) in [4.78, 5) is 0. The third kappa shape index (κ3) is 2.18. The van der Waals surface area contributed by atoms with Crippen LogP contribution in [0.15, 0.2) is 30.6 Å². The van der Waals surface area contributed by atoms with Crippen molar-refractivity contribution in [3.8, 4) is 5.75 Å². The van der Waals surface area contributed by atoms with E-state index in [0.717, 1.165) is 5.75 Å². The Morgan fingerprint density at radius 2 is 2.18 bits per heavy atom. The van der Waals surface area contributed by atoms with Crippen LogP contribution < -0.4 is 4.74 Å². The fraction of sp³-hybridized carbons (Fsp3) is 0.357. The standard InChI is InChI=1S/C14H16N2O/c1-16-9-14(8-15-16)17-10-11-5-6-12-3-2-4-13(12)7-11/h5-9H,2-4,10H2,1H3. The van der Waals surface area contributed by atoms with Crippen molar-refractivity contribution in [2.45, 2.75) is 25.9 Å². The fourth-order valence-electron chi connectivity index (χ4n) is 2.35. The Labute approximate surface area is 101 Å². The predicted molar refractivity (Wildman–Crippen MR) is 66.0 cm³/mol. The lowest BCUT2D eigenvalue weighted by molar-refractivity contribution is 0.306. The second-order valence-corrected chi connectivity index (χ2v) is 4.59. The van der Waals surface area contributed by atoms with Crippen LogP contribution in [0.1, 0.15) is 23.1 Å². The van der Waals surface area contributed by atoms with Crippen LogP contribution in [0.5, 0.6) is 5.75 Å². The van der Waals surface area contributed by atoms with Gasteiger partial charge in [-0.3, -0.25) is 4.68 Å². The molecule has 0 atom stereocenters. The molecule has 88 valence electrons. The molecule has 3 rings (SSSR count). The molecule has 1 aromatic heterocycles. The van der Waals surface area contributed by atoms with Gasteiger partial charge in [0.05, 0.1) is 12.4 Å². The van der Waals surface area contributed by atoms with Gasteiger partial charge in [-0.05, 0) is 36.0 Å². The summed E-state index contributed by atoms with van der Waals surface area (Å²) in [6, 6.07) is 6.68. The number of hydrogen-bond acceptors (Lipinski definition) is 2. The molecule has 1 aromatic carbocycles. The highest BCUT2D eigenvalue weighted by molar-refractivity contribution is 5.35. The fourth-order valence-corrected chi connectivity index (χ4v) is 2.35. The Balaban J connectivity index is 1.69. The molecular formula is C14H16N2O. The molecule has 0 aliphatic heterocycles. The van der Waals surface area contributed by atoms with Gasteiger partial charge < -0.3 is 4.74 Å². The third-order valence-corrected chi connectivity index (χ3v) is 3.25. The minimum absolute atomic E-state index is 0.624. The summed E-state index contributed by atoms with van der Waals surface area (Å²) in [7, 11) is 1.89. The molecule has 0 spiro atoms. The maximum atomic E-state index is 5.69. The summed E-state index contributed by atoms with van der Waals surface area (Å²) < 4.78 is 7.44. The van der Waals surface area contributed by atoms with E-state index in [1.165, 1.54) is 36.0 Å². The first kappa shape index (κ1) is 10.4. The lowest BCUT2D eigenvalue weighted by atomic mass is 10.1. The van der Waals surface area contributed by atoms with Crippen molar-refractivity contribution in [3.05, 3.63) is 47.3 Å². The second kappa shape index (κ2) is 4.24. The Hall–Kier alpha value is -1.77. The van der Waals surface area contributed by atoms with Gasteiger partial charge in [-0.25, -0.2) is 0 Å². The monoisotopic (exact) mass is 228 g/mol. The molecule has 0 bridgehead atoms. The molecule has 1 heterocycles. The van der Waals surface area contributed by atoms with E-state index >= 15 is 0 Å². The van der Waals surface area contributed by atoms with E-state index in [1.54, 1.807) is 10.9 Å². The molecule has 0 N–H and O–H groups in total. The number of ether oxygens (including phenoxy) is 1. The van der Waals surface area contributed by atoms with Crippen LogP contribution in [-0.2, 0) is 26.5 Å². The lowest BCUT2D eigenvalue weighted by Crippen LogP contribution is -1.96. The van der Waals surface area contributed by atoms with E-state index in [9.17, 15) is 0 Å². The zero-order valence-corrected chi connectivity index (χ0v) is 10.0. The Bertz CT molecular complexity index is 531. The van der Waals surface area contributed by atoms with Gasteiger partial charge in [0.2, 0.25) is 0 Å². The third-order valence-electron chi connectivity index (χ3n) is 3.25. The van der Waals surface area contributed by atoms with E-state index in [4.69, 9.17) is 4.74 Å². The van der Waals surface area contributed by atoms with Gasteiger partial charge in [-0.2, -0.15) is 5.10 Å². The molecule has 17 heavy (non-hydrogen) atoms. The summed E-state index contributed by atoms with van der Waals surface area (Å²) >= 11 is 0. The molecule has 0 unspecified atom stereocenters. The van der Waals surface area contributed by atoms with Gasteiger partial charge >= 0.3 is 0 Å². The first-order chi connectivity index (χ1) is 8.31. The second-order valence-electron chi connectivity index (χ2n) is 4.59. The van der Waals surface area contributed by atoms with Crippen LogP contribution in [0.2, 0.25) is 0 Å². The van der Waals surface area contributed by atoms with E-state index in [-0.39, 0.29) is 0 Å². The molecule has 3 nitrogen and oxygen atoms in total. The number of aryl methyl sites for hydroxylation is 3. The van der Waals surface area contributed by atoms with Crippen molar-refractivity contribution in [2.75, 3.05) is 0 Å². The zero-order valence-electron chi connectivity index (χ0n) is 10.0. The first-order valence-corrected chi connectivity index (χ1v) is 6.03. The number of hydrogen-bond donors (Lipinski definition) is 0. The van der Waals surface area contributed by atoms with Gasteiger partial charge in [0.1, 0.15) is 6.61 Å². The van der Waals surface area contributed by atoms with Gasteiger partial charge in [-0.15, -0.1) is 0 Å². The van der Waals surface area contributed by atoms with Crippen LogP contribution in [0.25, 0.3) is 0 Å². The molecule has 0 fully saturated rings. The highest BCUT2D eigenvalue weighted by Gasteiger charge is 2.10. The quantitative estimate of drug-likeness (QED) is 0.807. The van der Waals surface area contributed by atoms with E-state index in [2.05, 4.69) is 23.3 Å². The number of benzene rings is 1. The van der Waals surface area contributed by atoms with Crippen LogP contribution in [0.4, 0.5) is 0 Å². The maximum Gasteiger partial charge on any atom is 0.157 e. The van der Waals surface area contributed by atoms with Gasteiger partial charge in [0.15, 0.2) is 5.75 Å². The van der Waals surface area contributed by atoms with Crippen LogP contribution in [-0.4, -0.2) is 9.78 Å². The van der Waals surface area contributed by atoms with E-state index in [1.807, 2.05) is 13.2 Å². The summed E-state index contributed by atoms with van der Waals surface area (Å²) in [5, 5.41) is 4.08. The Morgan fingerprint density at radius 3 is 3.00 bits per heavy atom. The smallest absolute Gasteiger partial charge is 0.157 e. The zero-order chi connectivity index (χ0) is 11.7. The van der Waals surface area contributed by atoms with Crippen LogP contribution >= 0.6 is 0 Å². The van der Waals surface area contributed by atoms with Crippen molar-refractivity contribution in [1.29, 1.82) is 0 Å². The van der Waals surface area contributed by atoms with Gasteiger partial charge in [-0.1, -0.05) is 18.2 Å². The average molecular weight is 228 g/mol. The van der Waals surface area contributed by atoms with E-state index in [0.29, 0.717) is 6.61 Å².